The van der Waals surface area contributed by atoms with Gasteiger partial charge in [-0.05, 0) is 69.5 Å². The second-order valence-corrected chi connectivity index (χ2v) is 7.98. The fourth-order valence-corrected chi connectivity index (χ4v) is 3.69. The molecule has 0 fully saturated rings. The first-order valence-corrected chi connectivity index (χ1v) is 11.4. The van der Waals surface area contributed by atoms with Crippen LogP contribution in [0.5, 0.6) is 17.2 Å². The summed E-state index contributed by atoms with van der Waals surface area (Å²) in [5.74, 6) is 1.80. The lowest BCUT2D eigenvalue weighted by molar-refractivity contribution is -0.384. The molecule has 0 atom stereocenters. The van der Waals surface area contributed by atoms with E-state index in [2.05, 4.69) is 22.0 Å². The summed E-state index contributed by atoms with van der Waals surface area (Å²) in [5.41, 5.74) is 1.59. The zero-order chi connectivity index (χ0) is 25.0. The van der Waals surface area contributed by atoms with Crippen molar-refractivity contribution in [2.75, 3.05) is 33.5 Å². The molecule has 0 saturated carbocycles. The zero-order valence-corrected chi connectivity index (χ0v) is 20.6. The molecule has 0 aliphatic rings. The van der Waals surface area contributed by atoms with Crippen molar-refractivity contribution in [1.82, 2.24) is 0 Å². The molecule has 9 heteroatoms. The SMILES string of the molecule is COc1cc(/C=C(/C#N)c2ccc([N+](=O)[O-])cc2)cc(Br)c1OCCOCCOc1ccccc1. The molecule has 35 heavy (non-hydrogen) atoms. The molecule has 0 heterocycles. The van der Waals surface area contributed by atoms with Gasteiger partial charge in [0, 0.05) is 12.1 Å². The molecule has 0 aliphatic carbocycles. The van der Waals surface area contributed by atoms with E-state index in [9.17, 15) is 15.4 Å². The number of halogens is 1. The van der Waals surface area contributed by atoms with E-state index in [1.807, 2.05) is 30.3 Å². The molecule has 0 saturated heterocycles. The van der Waals surface area contributed by atoms with Crippen LogP contribution in [0.3, 0.4) is 0 Å². The second-order valence-electron chi connectivity index (χ2n) is 7.13. The first kappa shape index (κ1) is 25.7. The summed E-state index contributed by atoms with van der Waals surface area (Å²) in [6.07, 6.45) is 1.67. The molecule has 0 aromatic heterocycles. The number of hydrogen-bond acceptors (Lipinski definition) is 7. The minimum Gasteiger partial charge on any atom is -0.493 e. The Morgan fingerprint density at radius 1 is 1.03 bits per heavy atom. The number of non-ortho nitro benzene ring substituents is 1. The molecule has 0 unspecified atom stereocenters. The number of ether oxygens (including phenoxy) is 4. The number of benzene rings is 3. The molecule has 8 nitrogen and oxygen atoms in total. The molecule has 0 amide bonds. The summed E-state index contributed by atoms with van der Waals surface area (Å²) in [4.78, 5) is 10.4. The third-order valence-electron chi connectivity index (χ3n) is 4.79. The first-order valence-electron chi connectivity index (χ1n) is 10.6. The lowest BCUT2D eigenvalue weighted by Gasteiger charge is -2.14. The van der Waals surface area contributed by atoms with Crippen LogP contribution in [0.15, 0.2) is 71.2 Å². The van der Waals surface area contributed by atoms with E-state index in [-0.39, 0.29) is 5.69 Å². The Hall–Kier alpha value is -3.87. The highest BCUT2D eigenvalue weighted by Gasteiger charge is 2.13. The van der Waals surface area contributed by atoms with Gasteiger partial charge in [0.15, 0.2) is 11.5 Å². The van der Waals surface area contributed by atoms with E-state index >= 15 is 0 Å². The monoisotopic (exact) mass is 538 g/mol. The van der Waals surface area contributed by atoms with Gasteiger partial charge in [-0.2, -0.15) is 5.26 Å². The van der Waals surface area contributed by atoms with Gasteiger partial charge in [0.2, 0.25) is 0 Å². The van der Waals surface area contributed by atoms with Crippen molar-refractivity contribution in [2.24, 2.45) is 0 Å². The number of methoxy groups -OCH3 is 1. The zero-order valence-electron chi connectivity index (χ0n) is 19.0. The van der Waals surface area contributed by atoms with Crippen LogP contribution in [-0.2, 0) is 4.74 Å². The summed E-state index contributed by atoms with van der Waals surface area (Å²) in [7, 11) is 1.53. The first-order chi connectivity index (χ1) is 17.0. The molecule has 3 rings (SSSR count). The number of nitriles is 1. The average molecular weight is 539 g/mol. The van der Waals surface area contributed by atoms with Crippen molar-refractivity contribution in [2.45, 2.75) is 0 Å². The molecular weight excluding hydrogens is 516 g/mol. The smallest absolute Gasteiger partial charge is 0.269 e. The third-order valence-corrected chi connectivity index (χ3v) is 5.38. The van der Waals surface area contributed by atoms with E-state index in [0.717, 1.165) is 5.75 Å². The molecule has 0 aliphatic heterocycles. The molecule has 0 radical (unpaired) electrons. The van der Waals surface area contributed by atoms with E-state index in [1.165, 1.54) is 19.2 Å². The van der Waals surface area contributed by atoms with Gasteiger partial charge in [0.25, 0.3) is 5.69 Å². The van der Waals surface area contributed by atoms with E-state index in [1.54, 1.807) is 30.3 Å². The van der Waals surface area contributed by atoms with Crippen LogP contribution in [0.2, 0.25) is 0 Å². The molecule has 0 spiro atoms. The van der Waals surface area contributed by atoms with E-state index in [4.69, 9.17) is 18.9 Å². The number of para-hydroxylation sites is 1. The van der Waals surface area contributed by atoms with Gasteiger partial charge in [0.05, 0.1) is 41.4 Å². The number of hydrogen-bond donors (Lipinski definition) is 0. The van der Waals surface area contributed by atoms with Gasteiger partial charge >= 0.3 is 0 Å². The lowest BCUT2D eigenvalue weighted by atomic mass is 10.0. The highest BCUT2D eigenvalue weighted by atomic mass is 79.9. The summed E-state index contributed by atoms with van der Waals surface area (Å²) in [5, 5.41) is 20.5. The van der Waals surface area contributed by atoms with Crippen LogP contribution in [0.4, 0.5) is 5.69 Å². The predicted octanol–water partition coefficient (Wildman–Crippen LogP) is 5.90. The van der Waals surface area contributed by atoms with Crippen LogP contribution in [0, 0.1) is 21.4 Å². The average Bonchev–Trinajstić information content (AvgIpc) is 2.88. The highest BCUT2D eigenvalue weighted by molar-refractivity contribution is 9.10. The quantitative estimate of drug-likeness (QED) is 0.0928. The minimum atomic E-state index is -0.482. The molecule has 0 N–H and O–H groups in total. The second kappa shape index (κ2) is 13.1. The number of rotatable bonds is 12. The third kappa shape index (κ3) is 7.57. The predicted molar refractivity (Wildman–Crippen MR) is 136 cm³/mol. The maximum absolute atomic E-state index is 10.9. The Morgan fingerprint density at radius 2 is 1.71 bits per heavy atom. The number of nitro benzene ring substituents is 1. The van der Waals surface area contributed by atoms with Crippen LogP contribution in [0.1, 0.15) is 11.1 Å². The number of nitrogens with zero attached hydrogens (tertiary/aromatic N) is 2. The molecular formula is C26H23BrN2O6. The van der Waals surface area contributed by atoms with Crippen molar-refractivity contribution in [3.05, 3.63) is 92.4 Å². The van der Waals surface area contributed by atoms with Crippen LogP contribution >= 0.6 is 15.9 Å². The van der Waals surface area contributed by atoms with Gasteiger partial charge in [-0.3, -0.25) is 10.1 Å². The largest absolute Gasteiger partial charge is 0.493 e. The summed E-state index contributed by atoms with van der Waals surface area (Å²) in [6.45, 7) is 1.55. The van der Waals surface area contributed by atoms with Crippen LogP contribution in [0.25, 0.3) is 11.6 Å². The highest BCUT2D eigenvalue weighted by Crippen LogP contribution is 2.37. The Kier molecular flexibility index (Phi) is 9.66. The van der Waals surface area contributed by atoms with Gasteiger partial charge in [-0.15, -0.1) is 0 Å². The maximum Gasteiger partial charge on any atom is 0.269 e. The lowest BCUT2D eigenvalue weighted by Crippen LogP contribution is -2.12. The summed E-state index contributed by atoms with van der Waals surface area (Å²) >= 11 is 3.50. The van der Waals surface area contributed by atoms with Crippen molar-refractivity contribution in [3.8, 4) is 23.3 Å². The van der Waals surface area contributed by atoms with Gasteiger partial charge in [0.1, 0.15) is 19.0 Å². The normalized spacial score (nSPS) is 10.9. The Morgan fingerprint density at radius 3 is 2.34 bits per heavy atom. The van der Waals surface area contributed by atoms with Crippen molar-refractivity contribution < 1.29 is 23.9 Å². The Bertz CT molecular complexity index is 1210. The fourth-order valence-electron chi connectivity index (χ4n) is 3.11. The molecule has 3 aromatic rings. The van der Waals surface area contributed by atoms with Crippen molar-refractivity contribution in [1.29, 1.82) is 5.26 Å². The van der Waals surface area contributed by atoms with Crippen LogP contribution < -0.4 is 14.2 Å². The molecule has 0 bridgehead atoms. The van der Waals surface area contributed by atoms with E-state index < -0.39 is 4.92 Å². The maximum atomic E-state index is 10.9. The fraction of sp³-hybridized carbons (Fsp3) is 0.192. The van der Waals surface area contributed by atoms with E-state index in [0.29, 0.717) is 59.1 Å². The molecule has 3 aromatic carbocycles. The van der Waals surface area contributed by atoms with Gasteiger partial charge in [-0.25, -0.2) is 0 Å². The minimum absolute atomic E-state index is 0.0374. The number of allylic oxidation sites excluding steroid dienone is 1. The van der Waals surface area contributed by atoms with Gasteiger partial charge < -0.3 is 18.9 Å². The Labute approximate surface area is 211 Å². The van der Waals surface area contributed by atoms with Crippen molar-refractivity contribution in [3.63, 3.8) is 0 Å². The summed E-state index contributed by atoms with van der Waals surface area (Å²) in [6, 6.07) is 21.0. The van der Waals surface area contributed by atoms with Gasteiger partial charge in [-0.1, -0.05) is 18.2 Å². The Balaban J connectivity index is 1.58. The topological polar surface area (TPSA) is 104 Å². The summed E-state index contributed by atoms with van der Waals surface area (Å²) < 4.78 is 23.1. The molecule has 180 valence electrons. The van der Waals surface area contributed by atoms with Crippen LogP contribution in [-0.4, -0.2) is 38.5 Å². The standard InChI is InChI=1S/C26H23BrN2O6/c1-32-25-17-19(15-21(18-28)20-7-9-22(10-8-20)29(30)31)16-24(27)26(25)35-14-12-33-11-13-34-23-5-3-2-4-6-23/h2-10,15-17H,11-14H2,1H3/b21-15-. The number of nitro groups is 1. The van der Waals surface area contributed by atoms with Crippen molar-refractivity contribution >= 4 is 33.3 Å².